The van der Waals surface area contributed by atoms with Crippen molar-refractivity contribution < 1.29 is 0 Å². The molecule has 0 radical (unpaired) electrons. The van der Waals surface area contributed by atoms with Crippen molar-refractivity contribution in [3.63, 3.8) is 0 Å². The van der Waals surface area contributed by atoms with Crippen LogP contribution < -0.4 is 0 Å². The van der Waals surface area contributed by atoms with Crippen molar-refractivity contribution in [2.45, 2.75) is 76.2 Å². The molecule has 0 rings (SSSR count). The van der Waals surface area contributed by atoms with Crippen molar-refractivity contribution in [2.75, 3.05) is 0 Å². The molecule has 0 spiro atoms. The second-order valence-corrected chi connectivity index (χ2v) is 4.45. The van der Waals surface area contributed by atoms with Gasteiger partial charge in [0, 0.05) is 0 Å². The second-order valence-electron chi connectivity index (χ2n) is 4.45. The summed E-state index contributed by atoms with van der Waals surface area (Å²) in [5, 5.41) is 0. The van der Waals surface area contributed by atoms with E-state index in [0.717, 1.165) is 4.59 Å². The zero-order valence-electron chi connectivity index (χ0n) is 9.94. The third kappa shape index (κ3) is 10.5. The van der Waals surface area contributed by atoms with Gasteiger partial charge in [-0.25, -0.2) is 0 Å². The average molecular weight is 176 g/mol. The summed E-state index contributed by atoms with van der Waals surface area (Å²) in [6.07, 6.45) is 12.9. The van der Waals surface area contributed by atoms with Gasteiger partial charge in [0.25, 0.3) is 0 Å². The van der Waals surface area contributed by atoms with E-state index in [4.69, 9.17) is 0 Å². The zero-order chi connectivity index (χ0) is 9.94. The van der Waals surface area contributed by atoms with Crippen molar-refractivity contribution in [3.05, 3.63) is 0 Å². The summed E-state index contributed by atoms with van der Waals surface area (Å²) in [6, 6.07) is 0. The second kappa shape index (κ2) is 10.7. The topological polar surface area (TPSA) is 0 Å². The molecule has 1 heteroatoms. The molecule has 0 saturated carbocycles. The van der Waals surface area contributed by atoms with E-state index >= 15 is 0 Å². The summed E-state index contributed by atoms with van der Waals surface area (Å²) >= 11 is 2.40. The van der Waals surface area contributed by atoms with Gasteiger partial charge in [-0.3, -0.25) is 0 Å². The van der Waals surface area contributed by atoms with Crippen molar-refractivity contribution in [1.82, 2.24) is 0 Å². The van der Waals surface area contributed by atoms with Crippen molar-refractivity contribution >= 4 is 17.7 Å². The van der Waals surface area contributed by atoms with Gasteiger partial charge in [0.2, 0.25) is 0 Å². The molecule has 0 aliphatic rings. The normalized spacial score (nSPS) is 13.2. The molecule has 0 nitrogen and oxygen atoms in total. The molecule has 0 amide bonds. The van der Waals surface area contributed by atoms with E-state index in [1.807, 2.05) is 0 Å². The van der Waals surface area contributed by atoms with Crippen LogP contribution >= 0.6 is 0 Å². The summed E-state index contributed by atoms with van der Waals surface area (Å²) < 4.78 is 0.969. The van der Waals surface area contributed by atoms with E-state index in [2.05, 4.69) is 31.6 Å². The van der Waals surface area contributed by atoms with Gasteiger partial charge in [-0.15, -0.1) is 0 Å². The van der Waals surface area contributed by atoms with Gasteiger partial charge >= 0.3 is 93.9 Å². The van der Waals surface area contributed by atoms with Crippen LogP contribution in [-0.2, 0) is 0 Å². The Morgan fingerprint density at radius 2 is 1.38 bits per heavy atom. The molecular formula is C12H25Li. The van der Waals surface area contributed by atoms with Crippen LogP contribution in [0.4, 0.5) is 0 Å². The molecule has 0 aromatic rings. The van der Waals surface area contributed by atoms with Gasteiger partial charge in [-0.2, -0.15) is 0 Å². The Hall–Kier alpha value is 0.597. The first kappa shape index (κ1) is 13.6. The van der Waals surface area contributed by atoms with Crippen molar-refractivity contribution in [1.29, 1.82) is 0 Å². The standard InChI is InChI=1S/C12H25.Li/c1-3-5-7-9-11-12-10-8-6-4-2;/h7H,3-6,8-12H2,1-2H3;. The van der Waals surface area contributed by atoms with E-state index < -0.39 is 0 Å². The monoisotopic (exact) mass is 176 g/mol. The molecular weight excluding hydrogens is 151 g/mol. The van der Waals surface area contributed by atoms with Gasteiger partial charge in [0.15, 0.2) is 0 Å². The predicted molar refractivity (Wildman–Crippen MR) is 62.4 cm³/mol. The maximum absolute atomic E-state index is 2.40. The molecule has 0 N–H and O–H groups in total. The fourth-order valence-electron chi connectivity index (χ4n) is 1.91. The van der Waals surface area contributed by atoms with E-state index in [9.17, 15) is 0 Å². The fourth-order valence-corrected chi connectivity index (χ4v) is 1.91. The number of hydrogen-bond donors (Lipinski definition) is 0. The number of hydrogen-bond acceptors (Lipinski definition) is 0. The SMILES string of the molecule is [Li][CH](CCC)CCCCCCCC. The van der Waals surface area contributed by atoms with Crippen LogP contribution in [0.25, 0.3) is 0 Å². The first-order chi connectivity index (χ1) is 6.31. The predicted octanol–water partition coefficient (Wildman–Crippen LogP) is 4.49. The van der Waals surface area contributed by atoms with Gasteiger partial charge in [-0.1, -0.05) is 0 Å². The average Bonchev–Trinajstić information content (AvgIpc) is 2.11. The zero-order valence-corrected chi connectivity index (χ0v) is 9.94. The Labute approximate surface area is 94.1 Å². The van der Waals surface area contributed by atoms with Crippen LogP contribution in [0.1, 0.15) is 71.6 Å². The maximum atomic E-state index is 2.40. The van der Waals surface area contributed by atoms with E-state index in [-0.39, 0.29) is 0 Å². The Balaban J connectivity index is 2.97. The fraction of sp³-hybridized carbons (Fsp3) is 1.00. The first-order valence-corrected chi connectivity index (χ1v) is 6.31. The van der Waals surface area contributed by atoms with E-state index in [1.165, 1.54) is 57.8 Å². The molecule has 0 saturated heterocycles. The summed E-state index contributed by atoms with van der Waals surface area (Å²) in [7, 11) is 0. The molecule has 1 atom stereocenters. The van der Waals surface area contributed by atoms with Crippen LogP contribution in [0.2, 0.25) is 4.59 Å². The van der Waals surface area contributed by atoms with Gasteiger partial charge in [0.1, 0.15) is 0 Å². The molecule has 13 heavy (non-hydrogen) atoms. The van der Waals surface area contributed by atoms with Gasteiger partial charge < -0.3 is 0 Å². The molecule has 74 valence electrons. The minimum absolute atomic E-state index is 0.969. The van der Waals surface area contributed by atoms with Crippen LogP contribution in [-0.4, -0.2) is 17.7 Å². The Bertz CT molecular complexity index is 91.1. The Kier molecular flexibility index (Phi) is 11.2. The van der Waals surface area contributed by atoms with E-state index in [0.29, 0.717) is 0 Å². The van der Waals surface area contributed by atoms with Gasteiger partial charge in [-0.05, 0) is 0 Å². The van der Waals surface area contributed by atoms with E-state index in [1.54, 1.807) is 0 Å². The summed E-state index contributed by atoms with van der Waals surface area (Å²) in [6.45, 7) is 4.57. The van der Waals surface area contributed by atoms with Crippen LogP contribution in [0.3, 0.4) is 0 Å². The summed E-state index contributed by atoms with van der Waals surface area (Å²) in [5.41, 5.74) is 0. The summed E-state index contributed by atoms with van der Waals surface area (Å²) in [4.78, 5) is 0. The summed E-state index contributed by atoms with van der Waals surface area (Å²) in [5.74, 6) is 0. The molecule has 0 aliphatic carbocycles. The van der Waals surface area contributed by atoms with Crippen molar-refractivity contribution in [3.8, 4) is 0 Å². The first-order valence-electron chi connectivity index (χ1n) is 6.31. The van der Waals surface area contributed by atoms with Crippen LogP contribution in [0.5, 0.6) is 0 Å². The quantitative estimate of drug-likeness (QED) is 0.358. The molecule has 0 bridgehead atoms. The van der Waals surface area contributed by atoms with Crippen LogP contribution in [0, 0.1) is 0 Å². The van der Waals surface area contributed by atoms with Crippen LogP contribution in [0.15, 0.2) is 0 Å². The third-order valence-electron chi connectivity index (χ3n) is 2.83. The molecule has 0 aromatic heterocycles. The Morgan fingerprint density at radius 3 is 2.00 bits per heavy atom. The minimum atomic E-state index is 0.969. The Morgan fingerprint density at radius 1 is 0.769 bits per heavy atom. The number of rotatable bonds is 9. The number of unbranched alkanes of at least 4 members (excludes halogenated alkanes) is 5. The molecule has 0 aromatic carbocycles. The third-order valence-corrected chi connectivity index (χ3v) is 2.83. The molecule has 0 aliphatic heterocycles. The molecule has 1 unspecified atom stereocenters. The van der Waals surface area contributed by atoms with Crippen molar-refractivity contribution in [2.24, 2.45) is 0 Å². The van der Waals surface area contributed by atoms with Gasteiger partial charge in [0.05, 0.1) is 0 Å². The molecule has 0 fully saturated rings. The molecule has 0 heterocycles.